The number of aryl methyl sites for hydroxylation is 1. The molecular weight excluding hydrogens is 540 g/mol. The van der Waals surface area contributed by atoms with Crippen LogP contribution >= 0.6 is 11.6 Å². The highest BCUT2D eigenvalue weighted by Gasteiger charge is 2.45. The van der Waals surface area contributed by atoms with E-state index in [1.807, 2.05) is 0 Å². The summed E-state index contributed by atoms with van der Waals surface area (Å²) in [5.74, 6) is 1.78. The van der Waals surface area contributed by atoms with Gasteiger partial charge in [0.2, 0.25) is 0 Å². The summed E-state index contributed by atoms with van der Waals surface area (Å²) in [6, 6.07) is 1.58. The molecule has 5 aliphatic rings. The van der Waals surface area contributed by atoms with Crippen LogP contribution in [0.3, 0.4) is 0 Å². The van der Waals surface area contributed by atoms with Gasteiger partial charge in [-0.25, -0.2) is 18.7 Å². The lowest BCUT2D eigenvalue weighted by atomic mass is 9.62. The van der Waals surface area contributed by atoms with Gasteiger partial charge in [0.05, 0.1) is 11.4 Å². The number of hydrogen-bond donors (Lipinski definition) is 1. The minimum absolute atomic E-state index is 0.165. The first-order valence-corrected chi connectivity index (χ1v) is 16.4. The summed E-state index contributed by atoms with van der Waals surface area (Å²) < 4.78 is 28.3. The molecule has 2 aromatic rings. The van der Waals surface area contributed by atoms with Gasteiger partial charge in [-0.05, 0) is 95.7 Å². The molecule has 224 valence electrons. The van der Waals surface area contributed by atoms with Crippen LogP contribution in [0.4, 0.5) is 20.3 Å². The highest BCUT2D eigenvalue weighted by Crippen LogP contribution is 2.50. The predicted octanol–water partition coefficient (Wildman–Crippen LogP) is 7.14. The number of nitrogens with zero attached hydrogens (tertiary/aromatic N) is 4. The van der Waals surface area contributed by atoms with E-state index in [1.165, 1.54) is 44.1 Å². The van der Waals surface area contributed by atoms with Crippen LogP contribution in [0.1, 0.15) is 106 Å². The molecule has 0 bridgehead atoms. The van der Waals surface area contributed by atoms with Gasteiger partial charge in [0.25, 0.3) is 0 Å². The zero-order chi connectivity index (χ0) is 28.8. The molecule has 4 heterocycles. The van der Waals surface area contributed by atoms with Crippen LogP contribution in [0.15, 0.2) is 6.07 Å². The number of aromatic nitrogens is 2. The molecule has 1 aromatic carbocycles. The van der Waals surface area contributed by atoms with Gasteiger partial charge in [-0.2, -0.15) is 0 Å². The highest BCUT2D eigenvalue weighted by molar-refractivity contribution is 6.31. The molecule has 0 saturated carbocycles. The smallest absolute Gasteiger partial charge is 0.150 e. The molecule has 3 fully saturated rings. The number of halogens is 3. The Morgan fingerprint density at radius 2 is 1.78 bits per heavy atom. The Bertz CT molecular complexity index is 1280. The molecule has 2 aliphatic carbocycles. The lowest BCUT2D eigenvalue weighted by Crippen LogP contribution is -2.40. The summed E-state index contributed by atoms with van der Waals surface area (Å²) in [5, 5.41) is 0.612. The third-order valence-electron chi connectivity index (χ3n) is 10.6. The van der Waals surface area contributed by atoms with Crippen molar-refractivity contribution in [2.75, 3.05) is 36.8 Å². The summed E-state index contributed by atoms with van der Waals surface area (Å²) in [7, 11) is 0. The molecule has 41 heavy (non-hydrogen) atoms. The van der Waals surface area contributed by atoms with Crippen molar-refractivity contribution in [2.24, 2.45) is 0 Å². The van der Waals surface area contributed by atoms with Crippen molar-refractivity contribution in [2.45, 2.75) is 121 Å². The lowest BCUT2D eigenvalue weighted by molar-refractivity contribution is 0.217. The fraction of sp³-hybridized carbons (Fsp3) is 0.697. The average Bonchev–Trinajstić information content (AvgIpc) is 3.29. The summed E-state index contributed by atoms with van der Waals surface area (Å²) in [4.78, 5) is 14.8. The number of anilines is 2. The summed E-state index contributed by atoms with van der Waals surface area (Å²) in [6.45, 7) is 8.26. The molecule has 3 atom stereocenters. The van der Waals surface area contributed by atoms with Crippen LogP contribution in [0.2, 0.25) is 5.02 Å². The quantitative estimate of drug-likeness (QED) is 0.380. The van der Waals surface area contributed by atoms with Crippen LogP contribution in [0.25, 0.3) is 0 Å². The van der Waals surface area contributed by atoms with E-state index in [4.69, 9.17) is 27.3 Å². The third-order valence-corrected chi connectivity index (χ3v) is 11.0. The first-order valence-electron chi connectivity index (χ1n) is 16.0. The Morgan fingerprint density at radius 1 is 1.00 bits per heavy atom. The number of hydrogen-bond acceptors (Lipinski definition) is 5. The third kappa shape index (κ3) is 5.46. The average molecular weight is 586 g/mol. The van der Waals surface area contributed by atoms with Gasteiger partial charge in [-0.3, -0.25) is 4.90 Å². The van der Waals surface area contributed by atoms with E-state index in [-0.39, 0.29) is 22.5 Å². The van der Waals surface area contributed by atoms with E-state index >= 15 is 4.39 Å². The molecule has 7 rings (SSSR count). The fourth-order valence-corrected chi connectivity index (χ4v) is 8.79. The van der Waals surface area contributed by atoms with Gasteiger partial charge in [0.1, 0.15) is 23.6 Å². The van der Waals surface area contributed by atoms with E-state index in [9.17, 15) is 4.39 Å². The SMILES string of the molecule is CC12CCCN1CC(F)C2.CCc1nc2c(c(N3CCCCCC3)n1)CCC1(CCCc3c(Cl)cc(N)c(F)c31)C2. The van der Waals surface area contributed by atoms with Crippen molar-refractivity contribution in [3.05, 3.63) is 45.1 Å². The topological polar surface area (TPSA) is 58.3 Å². The second-order valence-electron chi connectivity index (χ2n) is 13.4. The Hall–Kier alpha value is -1.99. The molecule has 1 spiro atoms. The van der Waals surface area contributed by atoms with Crippen molar-refractivity contribution in [1.82, 2.24) is 14.9 Å². The monoisotopic (exact) mass is 585 g/mol. The minimum Gasteiger partial charge on any atom is -0.396 e. The Morgan fingerprint density at radius 3 is 2.51 bits per heavy atom. The van der Waals surface area contributed by atoms with Gasteiger partial charge >= 0.3 is 0 Å². The van der Waals surface area contributed by atoms with E-state index in [0.29, 0.717) is 11.6 Å². The number of rotatable bonds is 2. The van der Waals surface area contributed by atoms with Crippen molar-refractivity contribution in [1.29, 1.82) is 0 Å². The molecule has 5 nitrogen and oxygen atoms in total. The summed E-state index contributed by atoms with van der Waals surface area (Å²) in [5.41, 5.74) is 10.3. The van der Waals surface area contributed by atoms with E-state index in [2.05, 4.69) is 23.6 Å². The largest absolute Gasteiger partial charge is 0.396 e. The van der Waals surface area contributed by atoms with Crippen LogP contribution in [0, 0.1) is 5.82 Å². The zero-order valence-corrected chi connectivity index (χ0v) is 25.6. The fourth-order valence-electron chi connectivity index (χ4n) is 8.48. The molecular formula is C33H46ClF2N5. The number of alkyl halides is 1. The minimum atomic E-state index is -0.551. The van der Waals surface area contributed by atoms with Crippen LogP contribution < -0.4 is 10.6 Å². The van der Waals surface area contributed by atoms with Crippen molar-refractivity contribution in [3.63, 3.8) is 0 Å². The van der Waals surface area contributed by atoms with Gasteiger partial charge in [0.15, 0.2) is 0 Å². The Labute approximate surface area is 249 Å². The summed E-state index contributed by atoms with van der Waals surface area (Å²) >= 11 is 6.53. The molecule has 0 amide bonds. The maximum atomic E-state index is 15.4. The Kier molecular flexibility index (Phi) is 8.23. The second-order valence-corrected chi connectivity index (χ2v) is 13.8. The first-order chi connectivity index (χ1) is 19.7. The van der Waals surface area contributed by atoms with E-state index in [1.54, 1.807) is 6.07 Å². The molecule has 0 radical (unpaired) electrons. The molecule has 3 unspecified atom stereocenters. The van der Waals surface area contributed by atoms with Crippen molar-refractivity contribution >= 4 is 23.1 Å². The number of nitrogen functional groups attached to an aromatic ring is 1. The maximum Gasteiger partial charge on any atom is 0.150 e. The Balaban J connectivity index is 0.000000253. The maximum absolute atomic E-state index is 15.4. The van der Waals surface area contributed by atoms with Crippen LogP contribution in [-0.2, 0) is 31.1 Å². The van der Waals surface area contributed by atoms with E-state index < -0.39 is 6.17 Å². The molecule has 8 heteroatoms. The molecule has 1 aromatic heterocycles. The van der Waals surface area contributed by atoms with Crippen molar-refractivity contribution < 1.29 is 8.78 Å². The van der Waals surface area contributed by atoms with Gasteiger partial charge in [-0.1, -0.05) is 31.4 Å². The van der Waals surface area contributed by atoms with E-state index in [0.717, 1.165) is 99.5 Å². The molecule has 2 N–H and O–H groups in total. The van der Waals surface area contributed by atoms with Gasteiger partial charge in [-0.15, -0.1) is 0 Å². The molecule has 3 aliphatic heterocycles. The van der Waals surface area contributed by atoms with Crippen LogP contribution in [-0.4, -0.2) is 52.8 Å². The summed E-state index contributed by atoms with van der Waals surface area (Å²) in [6.07, 6.45) is 13.9. The van der Waals surface area contributed by atoms with Crippen molar-refractivity contribution in [3.8, 4) is 0 Å². The number of benzene rings is 1. The second kappa shape index (κ2) is 11.6. The zero-order valence-electron chi connectivity index (χ0n) is 24.9. The first kappa shape index (κ1) is 29.1. The highest BCUT2D eigenvalue weighted by atomic mass is 35.5. The predicted molar refractivity (Wildman–Crippen MR) is 163 cm³/mol. The molecule has 3 saturated heterocycles. The van der Waals surface area contributed by atoms with Crippen LogP contribution in [0.5, 0.6) is 0 Å². The lowest BCUT2D eigenvalue weighted by Gasteiger charge is -2.43. The number of fused-ring (bicyclic) bond motifs is 4. The van der Waals surface area contributed by atoms with Gasteiger partial charge < -0.3 is 10.6 Å². The normalized spacial score (nSPS) is 29.4. The van der Waals surface area contributed by atoms with Gasteiger partial charge in [0, 0.05) is 53.2 Å². The number of nitrogens with two attached hydrogens (primary N) is 1. The standard InChI is InChI=1S/C25H32ClFN4.C8H14FN/c1-2-21-29-20-15-25(10-7-8-16-18(26)14-19(28)23(27)22(16)25)11-9-17(20)24(30-21)31-12-5-3-4-6-13-31;1-8-3-2-4-10(8)6-7(9)5-8/h14H,2-13,15,28H2,1H3;7H,2-6H2,1H3.